The molecule has 1 aliphatic heterocycles. The van der Waals surface area contributed by atoms with E-state index in [0.717, 1.165) is 42.8 Å². The molecule has 0 unspecified atom stereocenters. The first kappa shape index (κ1) is 19.3. The van der Waals surface area contributed by atoms with Crippen LogP contribution in [0, 0.1) is 5.82 Å². The second kappa shape index (κ2) is 8.96. The predicted molar refractivity (Wildman–Crippen MR) is 106 cm³/mol. The Labute approximate surface area is 168 Å². The van der Waals surface area contributed by atoms with Gasteiger partial charge in [-0.15, -0.1) is 0 Å². The van der Waals surface area contributed by atoms with Gasteiger partial charge in [0.1, 0.15) is 5.82 Å². The standard InChI is InChI=1S/C22H23FN4O2/c23-19-5-1-3-17(11-19)14-27-10-2-4-18(15-27)20-12-21(29-26-20)22(28)25-13-16-6-8-24-9-7-16/h1,3,5-9,11-12,18H,2,4,10,13-15H2,(H,25,28)/t18-/m0/s1. The Balaban J connectivity index is 1.35. The number of nitrogens with one attached hydrogen (secondary N) is 1. The summed E-state index contributed by atoms with van der Waals surface area (Å²) in [5.74, 6) is -0.0814. The van der Waals surface area contributed by atoms with Gasteiger partial charge in [0.15, 0.2) is 0 Å². The summed E-state index contributed by atoms with van der Waals surface area (Å²) in [5.41, 5.74) is 2.72. The molecule has 1 amide bonds. The average molecular weight is 394 g/mol. The zero-order chi connectivity index (χ0) is 20.1. The minimum absolute atomic E-state index is 0.197. The van der Waals surface area contributed by atoms with Crippen LogP contribution in [0.15, 0.2) is 59.4 Å². The number of pyridine rings is 1. The highest BCUT2D eigenvalue weighted by Gasteiger charge is 2.25. The van der Waals surface area contributed by atoms with E-state index in [1.54, 1.807) is 30.6 Å². The summed E-state index contributed by atoms with van der Waals surface area (Å²) in [4.78, 5) is 18.6. The molecule has 0 bridgehead atoms. The Kier molecular flexibility index (Phi) is 5.95. The van der Waals surface area contributed by atoms with Crippen molar-refractivity contribution in [1.82, 2.24) is 20.4 Å². The molecular weight excluding hydrogens is 371 g/mol. The van der Waals surface area contributed by atoms with Gasteiger partial charge in [0, 0.05) is 44.0 Å². The average Bonchev–Trinajstić information content (AvgIpc) is 3.24. The normalized spacial score (nSPS) is 17.2. The van der Waals surface area contributed by atoms with E-state index < -0.39 is 0 Å². The van der Waals surface area contributed by atoms with Crippen molar-refractivity contribution in [2.75, 3.05) is 13.1 Å². The molecule has 3 heterocycles. The molecule has 6 nitrogen and oxygen atoms in total. The molecule has 0 aliphatic carbocycles. The van der Waals surface area contributed by atoms with Crippen molar-refractivity contribution in [2.45, 2.75) is 31.8 Å². The molecule has 1 N–H and O–H groups in total. The molecular formula is C22H23FN4O2. The predicted octanol–water partition coefficient (Wildman–Crippen LogP) is 3.52. The molecule has 29 heavy (non-hydrogen) atoms. The molecule has 0 radical (unpaired) electrons. The van der Waals surface area contributed by atoms with Crippen molar-refractivity contribution in [3.63, 3.8) is 0 Å². The number of piperidine rings is 1. The lowest BCUT2D eigenvalue weighted by Gasteiger charge is -2.31. The van der Waals surface area contributed by atoms with Gasteiger partial charge < -0.3 is 9.84 Å². The minimum Gasteiger partial charge on any atom is -0.351 e. The van der Waals surface area contributed by atoms with E-state index in [-0.39, 0.29) is 23.4 Å². The molecule has 2 aromatic heterocycles. The molecule has 7 heteroatoms. The van der Waals surface area contributed by atoms with E-state index in [2.05, 4.69) is 20.4 Å². The van der Waals surface area contributed by atoms with E-state index in [9.17, 15) is 9.18 Å². The summed E-state index contributed by atoms with van der Waals surface area (Å²) in [6.45, 7) is 2.87. The Hall–Kier alpha value is -3.06. The molecule has 1 saturated heterocycles. The maximum atomic E-state index is 13.4. The van der Waals surface area contributed by atoms with Gasteiger partial charge >= 0.3 is 0 Å². The highest BCUT2D eigenvalue weighted by molar-refractivity contribution is 5.91. The van der Waals surface area contributed by atoms with Crippen molar-refractivity contribution in [1.29, 1.82) is 0 Å². The van der Waals surface area contributed by atoms with Crippen LogP contribution in [0.25, 0.3) is 0 Å². The first-order valence-electron chi connectivity index (χ1n) is 9.78. The Bertz CT molecular complexity index is 960. The first-order chi connectivity index (χ1) is 14.2. The molecule has 0 saturated carbocycles. The SMILES string of the molecule is O=C(NCc1ccncc1)c1cc([C@H]2CCCN(Cc3cccc(F)c3)C2)no1. The number of hydrogen-bond acceptors (Lipinski definition) is 5. The Morgan fingerprint density at radius 3 is 2.90 bits per heavy atom. The largest absolute Gasteiger partial charge is 0.351 e. The van der Waals surface area contributed by atoms with E-state index >= 15 is 0 Å². The van der Waals surface area contributed by atoms with Crippen LogP contribution in [0.1, 0.15) is 46.1 Å². The summed E-state index contributed by atoms with van der Waals surface area (Å²) in [6, 6.07) is 12.1. The maximum absolute atomic E-state index is 13.4. The number of benzene rings is 1. The van der Waals surface area contributed by atoms with Crippen LogP contribution in [0.2, 0.25) is 0 Å². The lowest BCUT2D eigenvalue weighted by Crippen LogP contribution is -2.34. The van der Waals surface area contributed by atoms with Gasteiger partial charge in [0.25, 0.3) is 5.91 Å². The second-order valence-electron chi connectivity index (χ2n) is 7.36. The zero-order valence-electron chi connectivity index (χ0n) is 16.1. The lowest BCUT2D eigenvalue weighted by atomic mass is 9.94. The highest BCUT2D eigenvalue weighted by atomic mass is 19.1. The number of carbonyl (C=O) groups is 1. The van der Waals surface area contributed by atoms with Gasteiger partial charge in [-0.1, -0.05) is 17.3 Å². The van der Waals surface area contributed by atoms with Crippen LogP contribution in [0.3, 0.4) is 0 Å². The lowest BCUT2D eigenvalue weighted by molar-refractivity contribution is 0.0913. The van der Waals surface area contributed by atoms with Crippen LogP contribution < -0.4 is 5.32 Å². The molecule has 150 valence electrons. The van der Waals surface area contributed by atoms with E-state index in [0.29, 0.717) is 13.1 Å². The molecule has 1 aliphatic rings. The fourth-order valence-corrected chi connectivity index (χ4v) is 3.69. The summed E-state index contributed by atoms with van der Waals surface area (Å²) in [7, 11) is 0. The molecule has 1 aromatic carbocycles. The fourth-order valence-electron chi connectivity index (χ4n) is 3.69. The quantitative estimate of drug-likeness (QED) is 0.693. The Morgan fingerprint density at radius 2 is 2.07 bits per heavy atom. The molecule has 1 atom stereocenters. The first-order valence-corrected chi connectivity index (χ1v) is 9.78. The van der Waals surface area contributed by atoms with Crippen LogP contribution in [0.4, 0.5) is 4.39 Å². The van der Waals surface area contributed by atoms with Crippen molar-refractivity contribution in [3.05, 3.63) is 83.3 Å². The number of rotatable bonds is 6. The third-order valence-electron chi connectivity index (χ3n) is 5.17. The van der Waals surface area contributed by atoms with Crippen LogP contribution >= 0.6 is 0 Å². The van der Waals surface area contributed by atoms with E-state index in [1.165, 1.54) is 6.07 Å². The maximum Gasteiger partial charge on any atom is 0.290 e. The third kappa shape index (κ3) is 5.06. The Morgan fingerprint density at radius 1 is 1.21 bits per heavy atom. The second-order valence-corrected chi connectivity index (χ2v) is 7.36. The summed E-state index contributed by atoms with van der Waals surface area (Å²) in [5, 5.41) is 6.97. The third-order valence-corrected chi connectivity index (χ3v) is 5.17. The van der Waals surface area contributed by atoms with Gasteiger partial charge in [0.05, 0.1) is 5.69 Å². The number of likely N-dealkylation sites (tertiary alicyclic amines) is 1. The molecule has 1 fully saturated rings. The zero-order valence-corrected chi connectivity index (χ0v) is 16.1. The van der Waals surface area contributed by atoms with Gasteiger partial charge in [-0.05, 0) is 54.8 Å². The number of halogens is 1. The van der Waals surface area contributed by atoms with Crippen molar-refractivity contribution >= 4 is 5.91 Å². The van der Waals surface area contributed by atoms with Crippen LogP contribution in [-0.2, 0) is 13.1 Å². The highest BCUT2D eigenvalue weighted by Crippen LogP contribution is 2.27. The topological polar surface area (TPSA) is 71.3 Å². The van der Waals surface area contributed by atoms with Gasteiger partial charge in [-0.25, -0.2) is 4.39 Å². The minimum atomic E-state index is -0.284. The number of amides is 1. The molecule has 4 rings (SSSR count). The van der Waals surface area contributed by atoms with Crippen LogP contribution in [0.5, 0.6) is 0 Å². The van der Waals surface area contributed by atoms with E-state index in [4.69, 9.17) is 4.52 Å². The summed E-state index contributed by atoms with van der Waals surface area (Å²) < 4.78 is 18.7. The molecule has 0 spiro atoms. The molecule has 3 aromatic rings. The monoisotopic (exact) mass is 394 g/mol. The smallest absolute Gasteiger partial charge is 0.290 e. The van der Waals surface area contributed by atoms with Crippen molar-refractivity contribution < 1.29 is 13.7 Å². The number of nitrogens with zero attached hydrogens (tertiary/aromatic N) is 3. The summed E-state index contributed by atoms with van der Waals surface area (Å²) in [6.07, 6.45) is 5.39. The van der Waals surface area contributed by atoms with Gasteiger partial charge in [0.2, 0.25) is 5.76 Å². The number of hydrogen-bond donors (Lipinski definition) is 1. The van der Waals surface area contributed by atoms with Gasteiger partial charge in [-0.2, -0.15) is 0 Å². The van der Waals surface area contributed by atoms with E-state index in [1.807, 2.05) is 18.2 Å². The number of aromatic nitrogens is 2. The number of carbonyl (C=O) groups excluding carboxylic acids is 1. The fraction of sp³-hybridized carbons (Fsp3) is 0.318. The van der Waals surface area contributed by atoms with Crippen molar-refractivity contribution in [2.24, 2.45) is 0 Å². The van der Waals surface area contributed by atoms with Crippen LogP contribution in [-0.4, -0.2) is 34.0 Å². The van der Waals surface area contributed by atoms with Crippen molar-refractivity contribution in [3.8, 4) is 0 Å². The summed E-state index contributed by atoms with van der Waals surface area (Å²) >= 11 is 0. The van der Waals surface area contributed by atoms with Gasteiger partial charge in [-0.3, -0.25) is 14.7 Å².